The lowest BCUT2D eigenvalue weighted by Crippen LogP contribution is -2.26. The number of hydrogen-bond acceptors (Lipinski definition) is 4. The highest BCUT2D eigenvalue weighted by atomic mass is 32.2. The van der Waals surface area contributed by atoms with Gasteiger partial charge in [0.2, 0.25) is 0 Å². The highest BCUT2D eigenvalue weighted by Crippen LogP contribution is 2.03. The van der Waals surface area contributed by atoms with E-state index in [2.05, 4.69) is 4.40 Å². The van der Waals surface area contributed by atoms with Gasteiger partial charge in [-0.15, -0.1) is 4.40 Å². The molecule has 0 aromatic carbocycles. The Balaban J connectivity index is 3.15. The normalized spacial score (nSPS) is 23.2. The second-order valence-corrected chi connectivity index (χ2v) is 2.75. The van der Waals surface area contributed by atoms with Gasteiger partial charge in [-0.1, -0.05) is 4.47 Å². The second-order valence-electron chi connectivity index (χ2n) is 1.29. The average Bonchev–Trinajstić information content (AvgIpc) is 1.97. The van der Waals surface area contributed by atoms with Gasteiger partial charge < -0.3 is 0 Å². The van der Waals surface area contributed by atoms with Gasteiger partial charge in [0.1, 0.15) is 6.21 Å². The Bertz CT molecular complexity index is 264. The largest absolute Gasteiger partial charge is 0.370 e. The van der Waals surface area contributed by atoms with Crippen LogP contribution in [0.3, 0.4) is 0 Å². The zero-order valence-electron chi connectivity index (χ0n) is 4.05. The van der Waals surface area contributed by atoms with Crippen LogP contribution in [0.2, 0.25) is 0 Å². The molecule has 0 aromatic heterocycles. The van der Waals surface area contributed by atoms with E-state index >= 15 is 0 Å². The summed E-state index contributed by atoms with van der Waals surface area (Å²) in [6, 6.07) is 0. The molecule has 1 amide bonds. The van der Waals surface area contributed by atoms with Crippen molar-refractivity contribution in [3.63, 3.8) is 0 Å². The quantitative estimate of drug-likeness (QED) is 0.427. The van der Waals surface area contributed by atoms with E-state index in [0.717, 1.165) is 0 Å². The van der Waals surface area contributed by atoms with E-state index in [0.29, 0.717) is 6.21 Å². The van der Waals surface area contributed by atoms with Gasteiger partial charge in [0.25, 0.3) is 0 Å². The molecule has 0 bridgehead atoms. The molecule has 0 aromatic rings. The lowest BCUT2D eigenvalue weighted by atomic mass is 10.7. The highest BCUT2D eigenvalue weighted by molar-refractivity contribution is 7.89. The van der Waals surface area contributed by atoms with Crippen molar-refractivity contribution in [1.82, 2.24) is 4.47 Å². The molecule has 0 unspecified atom stereocenters. The Hall–Kier alpha value is -0.950. The van der Waals surface area contributed by atoms with Crippen molar-refractivity contribution in [2.45, 2.75) is 0 Å². The smallest absolute Gasteiger partial charge is 0.270 e. The van der Waals surface area contributed by atoms with Gasteiger partial charge in [0, 0.05) is 0 Å². The maximum atomic E-state index is 10.2. The molecule has 1 N–H and O–H groups in total. The summed E-state index contributed by atoms with van der Waals surface area (Å²) in [6.45, 7) is 0. The van der Waals surface area contributed by atoms with E-state index in [1.807, 2.05) is 0 Å². The Morgan fingerprint density at radius 3 is 2.33 bits per heavy atom. The molecule has 1 rings (SSSR count). The van der Waals surface area contributed by atoms with Gasteiger partial charge >= 0.3 is 16.1 Å². The van der Waals surface area contributed by atoms with Crippen molar-refractivity contribution in [1.29, 1.82) is 0 Å². The topological polar surface area (TPSA) is 87.0 Å². The molecule has 7 heteroatoms. The highest BCUT2D eigenvalue weighted by Gasteiger charge is 2.29. The second kappa shape index (κ2) is 1.52. The van der Waals surface area contributed by atoms with E-state index in [9.17, 15) is 13.2 Å². The van der Waals surface area contributed by atoms with E-state index in [1.54, 1.807) is 0 Å². The standard InChI is InChI=1S/C2H2N2O4S/c5-2-1-3-9(7,8)4(2)6/h1,6H. The summed E-state index contributed by atoms with van der Waals surface area (Å²) in [5.41, 5.74) is 0. The molecule has 0 radical (unpaired) electrons. The van der Waals surface area contributed by atoms with E-state index in [-0.39, 0.29) is 0 Å². The molecule has 50 valence electrons. The number of hydrogen-bond donors (Lipinski definition) is 1. The van der Waals surface area contributed by atoms with Crippen LogP contribution in [0.15, 0.2) is 4.40 Å². The van der Waals surface area contributed by atoms with Gasteiger partial charge in [-0.2, -0.15) is 8.42 Å². The number of hydroxylamine groups is 1. The molecule has 0 atom stereocenters. The first-order valence-electron chi connectivity index (χ1n) is 1.87. The third-order valence-corrected chi connectivity index (χ3v) is 1.69. The Morgan fingerprint density at radius 1 is 1.67 bits per heavy atom. The van der Waals surface area contributed by atoms with Crippen LogP contribution < -0.4 is 0 Å². The van der Waals surface area contributed by atoms with Crippen LogP contribution in [0.1, 0.15) is 0 Å². The molecule has 0 saturated heterocycles. The molecule has 6 nitrogen and oxygen atoms in total. The number of rotatable bonds is 0. The van der Waals surface area contributed by atoms with E-state index in [1.165, 1.54) is 0 Å². The molecular formula is C2H2N2O4S. The first-order chi connectivity index (χ1) is 4.04. The third-order valence-electron chi connectivity index (χ3n) is 0.703. The molecule has 0 fully saturated rings. The Labute approximate surface area is 50.6 Å². The molecule has 9 heavy (non-hydrogen) atoms. The minimum atomic E-state index is -4.07. The zero-order chi connectivity index (χ0) is 7.07. The summed E-state index contributed by atoms with van der Waals surface area (Å²) in [6.07, 6.45) is 0.523. The molecule has 1 aliphatic rings. The van der Waals surface area contributed by atoms with Gasteiger partial charge in [0.15, 0.2) is 0 Å². The Kier molecular flexibility index (Phi) is 1.04. The minimum absolute atomic E-state index is 0.424. The molecular weight excluding hydrogens is 148 g/mol. The lowest BCUT2D eigenvalue weighted by molar-refractivity contribution is -0.136. The van der Waals surface area contributed by atoms with Crippen LogP contribution in [0.5, 0.6) is 0 Å². The maximum absolute atomic E-state index is 10.2. The van der Waals surface area contributed by atoms with Gasteiger partial charge in [-0.3, -0.25) is 10.0 Å². The fourth-order valence-electron chi connectivity index (χ4n) is 0.319. The number of carbonyl (C=O) groups is 1. The zero-order valence-corrected chi connectivity index (χ0v) is 4.87. The fraction of sp³-hybridized carbons (Fsp3) is 0. The number of nitrogens with zero attached hydrogens (tertiary/aromatic N) is 2. The van der Waals surface area contributed by atoms with Crippen LogP contribution in [0.4, 0.5) is 0 Å². The lowest BCUT2D eigenvalue weighted by Gasteiger charge is -1.99. The molecule has 0 saturated carbocycles. The average molecular weight is 150 g/mol. The van der Waals surface area contributed by atoms with Gasteiger partial charge in [-0.25, -0.2) is 0 Å². The Morgan fingerprint density at radius 2 is 2.22 bits per heavy atom. The summed E-state index contributed by atoms with van der Waals surface area (Å²) in [4.78, 5) is 10.1. The van der Waals surface area contributed by atoms with Crippen molar-refractivity contribution in [2.75, 3.05) is 0 Å². The van der Waals surface area contributed by atoms with Crippen LogP contribution in [-0.2, 0) is 15.0 Å². The fourth-order valence-corrected chi connectivity index (χ4v) is 0.907. The van der Waals surface area contributed by atoms with Crippen LogP contribution in [-0.4, -0.2) is 30.2 Å². The minimum Gasteiger partial charge on any atom is -0.270 e. The van der Waals surface area contributed by atoms with Crippen molar-refractivity contribution < 1.29 is 18.4 Å². The molecule has 1 aliphatic heterocycles. The maximum Gasteiger partial charge on any atom is 0.370 e. The number of carbonyl (C=O) groups excluding carboxylic acids is 1. The van der Waals surface area contributed by atoms with E-state index in [4.69, 9.17) is 5.21 Å². The molecule has 0 spiro atoms. The van der Waals surface area contributed by atoms with Crippen LogP contribution in [0, 0.1) is 0 Å². The van der Waals surface area contributed by atoms with Gasteiger partial charge in [-0.05, 0) is 0 Å². The van der Waals surface area contributed by atoms with Crippen molar-refractivity contribution >= 4 is 22.3 Å². The predicted octanol–water partition coefficient (Wildman–Crippen LogP) is -1.47. The SMILES string of the molecule is O=C1C=NS(=O)(=O)N1O. The predicted molar refractivity (Wildman–Crippen MR) is 26.0 cm³/mol. The number of amides is 1. The summed E-state index contributed by atoms with van der Waals surface area (Å²) >= 11 is 0. The van der Waals surface area contributed by atoms with Crippen molar-refractivity contribution in [3.8, 4) is 0 Å². The van der Waals surface area contributed by atoms with Crippen molar-refractivity contribution in [3.05, 3.63) is 0 Å². The summed E-state index contributed by atoms with van der Waals surface area (Å²) < 4.78 is 22.7. The van der Waals surface area contributed by atoms with Gasteiger partial charge in [0.05, 0.1) is 0 Å². The van der Waals surface area contributed by atoms with Crippen molar-refractivity contribution in [2.24, 2.45) is 4.40 Å². The monoisotopic (exact) mass is 150 g/mol. The summed E-state index contributed by atoms with van der Waals surface area (Å²) in [5, 5.41) is 8.30. The summed E-state index contributed by atoms with van der Waals surface area (Å²) in [7, 11) is -4.07. The van der Waals surface area contributed by atoms with E-state index < -0.39 is 20.6 Å². The summed E-state index contributed by atoms with van der Waals surface area (Å²) in [5.74, 6) is -1.05. The van der Waals surface area contributed by atoms with Crippen LogP contribution >= 0.6 is 0 Å². The van der Waals surface area contributed by atoms with Crippen LogP contribution in [0.25, 0.3) is 0 Å². The third kappa shape index (κ3) is 0.794. The first-order valence-corrected chi connectivity index (χ1v) is 3.27. The molecule has 0 aliphatic carbocycles. The first kappa shape index (κ1) is 6.17. The molecule has 1 heterocycles.